The third kappa shape index (κ3) is 18.5. The van der Waals surface area contributed by atoms with E-state index in [1.807, 2.05) is 211 Å². The maximum Gasteiger partial charge on any atom is 0.323 e. The van der Waals surface area contributed by atoms with Crippen LogP contribution in [0.1, 0.15) is 53.4 Å². The summed E-state index contributed by atoms with van der Waals surface area (Å²) >= 11 is 16.7. The number of hydrogen-bond acceptors (Lipinski definition) is 15. The summed E-state index contributed by atoms with van der Waals surface area (Å²) in [6, 6.07) is 105. The number of unbranched alkanes of at least 4 members (excludes halogenated alkanes) is 2. The summed E-state index contributed by atoms with van der Waals surface area (Å²) in [5.74, 6) is -0.376. The zero-order valence-electron chi connectivity index (χ0n) is 80.8. The molecule has 720 valence electrons. The molecule has 0 amide bonds. The molecule has 0 saturated carbocycles. The molecule has 0 saturated heterocycles. The van der Waals surface area contributed by atoms with Gasteiger partial charge < -0.3 is 32.5 Å². The highest BCUT2D eigenvalue weighted by molar-refractivity contribution is 9.11. The SMILES string of the molecule is C=CCn1c2ccc(Br)cc2c2nc3ccccc3nc21.C=CCn1c2ccc(Br)cc2c2nc3ccccc3nc21.C=Cn1c2ccccc2c2nc3ccccc3nc21.CC(C)Cn1c2ccc(Br)cc2c2nc3ccccc3nc21.CCCCn1c2ccccc2c2nc3ccccc3nc21.CCCCn1c2ccccc2c2nc3ccccc3nc21.O=C(O)Cn1c2ccc(Cl)cc2c2nc3ccccc3nc21. The number of fused-ring (bicyclic) bond motifs is 28. The van der Waals surface area contributed by atoms with Crippen LogP contribution in [0.5, 0.6) is 0 Å². The van der Waals surface area contributed by atoms with E-state index >= 15 is 0 Å². The zero-order valence-corrected chi connectivity index (χ0v) is 86.3. The van der Waals surface area contributed by atoms with Crippen molar-refractivity contribution in [3.63, 3.8) is 0 Å². The van der Waals surface area contributed by atoms with Crippen LogP contribution in [0.2, 0.25) is 5.02 Å². The molecular weight excluding hydrogens is 2040 g/mol. The van der Waals surface area contributed by atoms with Crippen LogP contribution in [0.3, 0.4) is 0 Å². The normalized spacial score (nSPS) is 11.6. The molecule has 14 heterocycles. The van der Waals surface area contributed by atoms with Crippen LogP contribution in [0.15, 0.2) is 361 Å². The first-order valence-corrected chi connectivity index (χ1v) is 51.6. The first-order chi connectivity index (χ1) is 72.0. The lowest BCUT2D eigenvalue weighted by Crippen LogP contribution is -2.09. The standard InChI is InChI=1S/C18H16BrN3.2C18H17N3.2C17H12BrN3.C16H10ClN3O2.C16H11N3/c1-11(2)10-22-16-8-7-12(19)9-13(16)17-18(22)21-15-6-4-3-5-14(15)20-17;2*1-2-3-12-21-16-11-7-4-8-13(16)17-18(21)20-15-10-6-5-9-14(15)19-17;2*1-2-9-21-15-8-7-11(18)10-12(15)16-17(21)20-14-6-4-3-5-13(14)19-16;17-9-5-6-13-10(7-9)15-16(20(13)8-14(21)22)19-12-4-2-1-3-11(12)18-15;1-2-19-14-10-6-3-7-11(14)15-16(19)18-13-9-5-4-8-12(13)17-15/h3-9,11H,10H2,1-2H3;2*4-11H,2-3,12H2,1H3;2*2-8,10H,1,9H2;1-7H,8H2,(H,21,22);2-10H,1H2. The van der Waals surface area contributed by atoms with E-state index in [0.717, 1.165) is 239 Å². The summed E-state index contributed by atoms with van der Waals surface area (Å²) in [5, 5.41) is 17.4. The average Bonchev–Trinajstić information content (AvgIpc) is 1.59. The lowest BCUT2D eigenvalue weighted by atomic mass is 10.2. The molecule has 23 nitrogen and oxygen atoms in total. The summed E-state index contributed by atoms with van der Waals surface area (Å²) in [6.07, 6.45) is 10.2. The Morgan fingerprint density at radius 1 is 0.299 bits per heavy atom. The van der Waals surface area contributed by atoms with Crippen LogP contribution in [0, 0.1) is 5.92 Å². The van der Waals surface area contributed by atoms with Gasteiger partial charge in [0.25, 0.3) is 0 Å². The van der Waals surface area contributed by atoms with E-state index in [1.165, 1.54) is 40.2 Å². The van der Waals surface area contributed by atoms with Gasteiger partial charge in [0.2, 0.25) is 0 Å². The van der Waals surface area contributed by atoms with Crippen LogP contribution < -0.4 is 0 Å². The monoisotopic (exact) mass is 2130 g/mol. The zero-order chi connectivity index (χ0) is 101. The van der Waals surface area contributed by atoms with Crippen LogP contribution in [0.4, 0.5) is 0 Å². The second-order valence-corrected chi connectivity index (χ2v) is 39.4. The van der Waals surface area contributed by atoms with Gasteiger partial charge in [-0.1, -0.05) is 258 Å². The molecule has 0 aliphatic rings. The Kier molecular flexibility index (Phi) is 26.8. The van der Waals surface area contributed by atoms with Crippen LogP contribution in [-0.4, -0.2) is 113 Å². The molecule has 28 rings (SSSR count). The maximum atomic E-state index is 11.2. The van der Waals surface area contributed by atoms with Gasteiger partial charge in [0.15, 0.2) is 39.5 Å². The summed E-state index contributed by atoms with van der Waals surface area (Å²) < 4.78 is 18.0. The molecule has 27 heteroatoms. The predicted molar refractivity (Wildman–Crippen MR) is 615 cm³/mol. The molecule has 0 aliphatic heterocycles. The van der Waals surface area contributed by atoms with Crippen molar-refractivity contribution in [1.82, 2.24) is 102 Å². The van der Waals surface area contributed by atoms with Crippen LogP contribution in [0.25, 0.3) is 238 Å². The van der Waals surface area contributed by atoms with E-state index in [2.05, 4.69) is 231 Å². The number of aromatic nitrogens is 21. The third-order valence-corrected chi connectivity index (χ3v) is 27.8. The highest BCUT2D eigenvalue weighted by Gasteiger charge is 2.24. The highest BCUT2D eigenvalue weighted by atomic mass is 79.9. The molecule has 0 spiro atoms. The number of benzene rings is 14. The lowest BCUT2D eigenvalue weighted by molar-refractivity contribution is -0.137. The Hall–Kier alpha value is -16.5. The Bertz CT molecular complexity index is 9760. The van der Waals surface area contributed by atoms with Crippen LogP contribution in [-0.2, 0) is 44.1 Å². The minimum absolute atomic E-state index is 0.172. The van der Waals surface area contributed by atoms with Gasteiger partial charge in [-0.05, 0) is 195 Å². The molecule has 0 bridgehead atoms. The Morgan fingerprint density at radius 2 is 0.544 bits per heavy atom. The largest absolute Gasteiger partial charge is 0.480 e. The van der Waals surface area contributed by atoms with E-state index in [9.17, 15) is 9.90 Å². The van der Waals surface area contributed by atoms with Crippen molar-refractivity contribution < 1.29 is 9.90 Å². The average molecular weight is 2140 g/mol. The molecule has 0 aliphatic carbocycles. The first kappa shape index (κ1) is 95.3. The molecule has 0 radical (unpaired) electrons. The van der Waals surface area contributed by atoms with E-state index < -0.39 is 5.97 Å². The summed E-state index contributed by atoms with van der Waals surface area (Å²) in [4.78, 5) is 78.3. The van der Waals surface area contributed by atoms with Gasteiger partial charge in [-0.2, -0.15) is 0 Å². The van der Waals surface area contributed by atoms with E-state index in [-0.39, 0.29) is 6.54 Å². The number of rotatable bonds is 15. The van der Waals surface area contributed by atoms with Crippen molar-refractivity contribution in [3.05, 3.63) is 366 Å². The Morgan fingerprint density at radius 3 is 0.864 bits per heavy atom. The molecule has 0 fully saturated rings. The summed E-state index contributed by atoms with van der Waals surface area (Å²) in [5.41, 5.74) is 33.2. The molecule has 14 aromatic carbocycles. The molecule has 0 unspecified atom stereocenters. The van der Waals surface area contributed by atoms with E-state index in [1.54, 1.807) is 29.0 Å². The second kappa shape index (κ2) is 41.3. The number of allylic oxidation sites excluding steroid dienone is 2. The van der Waals surface area contributed by atoms with Crippen molar-refractivity contribution in [1.29, 1.82) is 0 Å². The van der Waals surface area contributed by atoms with Crippen LogP contribution >= 0.6 is 59.4 Å². The minimum atomic E-state index is -0.927. The fraction of sp³-hybridized carbons (Fsp3) is 0.125. The van der Waals surface area contributed by atoms with Gasteiger partial charge in [0, 0.05) is 95.1 Å². The number of aryl methyl sites for hydroxylation is 2. The van der Waals surface area contributed by atoms with Gasteiger partial charge in [-0.3, -0.25) is 9.36 Å². The van der Waals surface area contributed by atoms with Crippen molar-refractivity contribution in [2.24, 2.45) is 5.92 Å². The quantitative estimate of drug-likeness (QED) is 0.0936. The van der Waals surface area contributed by atoms with E-state index in [0.29, 0.717) is 35.2 Å². The number of para-hydroxylation sites is 17. The fourth-order valence-electron chi connectivity index (χ4n) is 19.5. The van der Waals surface area contributed by atoms with Crippen molar-refractivity contribution in [2.45, 2.75) is 92.6 Å². The van der Waals surface area contributed by atoms with Gasteiger partial charge >= 0.3 is 5.97 Å². The maximum absolute atomic E-state index is 11.2. The number of aliphatic carboxylic acids is 1. The minimum Gasteiger partial charge on any atom is -0.480 e. The number of carboxylic acid groups (broad SMARTS) is 1. The number of halogens is 4. The smallest absolute Gasteiger partial charge is 0.323 e. The number of carboxylic acids is 1. The van der Waals surface area contributed by atoms with Crippen molar-refractivity contribution in [3.8, 4) is 0 Å². The summed E-state index contributed by atoms with van der Waals surface area (Å²) in [7, 11) is 0. The molecule has 28 aromatic rings. The Balaban J connectivity index is 0.0000000974. The van der Waals surface area contributed by atoms with Gasteiger partial charge in [-0.25, -0.2) is 69.8 Å². The summed E-state index contributed by atoms with van der Waals surface area (Å²) in [6.45, 7) is 24.7. The second-order valence-electron chi connectivity index (χ2n) is 36.2. The number of nitrogens with zero attached hydrogens (tertiary/aromatic N) is 21. The van der Waals surface area contributed by atoms with Gasteiger partial charge in [-0.15, -0.1) is 13.2 Å². The first-order valence-electron chi connectivity index (χ1n) is 48.8. The van der Waals surface area contributed by atoms with E-state index in [4.69, 9.17) is 71.4 Å². The number of hydrogen-bond donors (Lipinski definition) is 1. The topological polar surface area (TPSA) is 252 Å². The molecule has 1 N–H and O–H groups in total. The van der Waals surface area contributed by atoms with Crippen molar-refractivity contribution >= 4 is 303 Å². The molecular formula is C120H95Br3ClN21O2. The van der Waals surface area contributed by atoms with Gasteiger partial charge in [0.1, 0.15) is 45.2 Å². The Labute approximate surface area is 872 Å². The fourth-order valence-corrected chi connectivity index (χ4v) is 20.7. The highest BCUT2D eigenvalue weighted by Crippen LogP contribution is 2.39. The molecule has 14 aromatic heterocycles. The van der Waals surface area contributed by atoms with Crippen molar-refractivity contribution in [2.75, 3.05) is 0 Å². The third-order valence-electron chi connectivity index (χ3n) is 26.1. The molecule has 147 heavy (non-hydrogen) atoms. The predicted octanol–water partition coefficient (Wildman–Crippen LogP) is 30.9. The number of carbonyl (C=O) groups is 1. The molecule has 0 atom stereocenters. The lowest BCUT2D eigenvalue weighted by Gasteiger charge is -2.09. The van der Waals surface area contributed by atoms with Gasteiger partial charge in [0.05, 0.1) is 116 Å².